The fourth-order valence-electron chi connectivity index (χ4n) is 4.64. The predicted molar refractivity (Wildman–Crippen MR) is 133 cm³/mol. The SMILES string of the molecule is O=C(c1ccco1)N(CC(=O)N1CCc2sccc2[C@@H]1COc1ccc(Cl)cc1)C[C@@H]1CCCO1. The van der Waals surface area contributed by atoms with Crippen LogP contribution < -0.4 is 4.74 Å². The van der Waals surface area contributed by atoms with E-state index in [4.69, 9.17) is 25.5 Å². The molecular weight excluding hydrogens is 488 g/mol. The lowest BCUT2D eigenvalue weighted by Crippen LogP contribution is -2.49. The largest absolute Gasteiger partial charge is 0.491 e. The molecule has 35 heavy (non-hydrogen) atoms. The number of carbonyl (C=O) groups excluding carboxylic acids is 2. The predicted octanol–water partition coefficient (Wildman–Crippen LogP) is 4.82. The van der Waals surface area contributed by atoms with Crippen LogP contribution in [0.4, 0.5) is 0 Å². The first-order valence-corrected chi connectivity index (χ1v) is 13.0. The number of hydrogen-bond donors (Lipinski definition) is 0. The van der Waals surface area contributed by atoms with Gasteiger partial charge >= 0.3 is 0 Å². The molecule has 1 fully saturated rings. The van der Waals surface area contributed by atoms with Gasteiger partial charge in [-0.3, -0.25) is 9.59 Å². The van der Waals surface area contributed by atoms with Crippen LogP contribution in [-0.2, 0) is 16.0 Å². The molecule has 2 aliphatic heterocycles. The summed E-state index contributed by atoms with van der Waals surface area (Å²) in [6.45, 7) is 1.88. The topological polar surface area (TPSA) is 72.2 Å². The van der Waals surface area contributed by atoms with E-state index in [9.17, 15) is 9.59 Å². The summed E-state index contributed by atoms with van der Waals surface area (Å²) < 4.78 is 17.2. The quantitative estimate of drug-likeness (QED) is 0.431. The van der Waals surface area contributed by atoms with Crippen molar-refractivity contribution in [3.63, 3.8) is 0 Å². The van der Waals surface area contributed by atoms with Crippen LogP contribution in [-0.4, -0.2) is 60.6 Å². The van der Waals surface area contributed by atoms with Crippen LogP contribution in [0.2, 0.25) is 5.02 Å². The average Bonchev–Trinajstić information content (AvgIpc) is 3.65. The Kier molecular flexibility index (Phi) is 7.41. The number of nitrogens with zero attached hydrogens (tertiary/aromatic N) is 2. The summed E-state index contributed by atoms with van der Waals surface area (Å²) in [7, 11) is 0. The van der Waals surface area contributed by atoms with E-state index in [1.807, 2.05) is 17.0 Å². The Balaban J connectivity index is 1.33. The zero-order chi connectivity index (χ0) is 24.2. The first-order valence-electron chi connectivity index (χ1n) is 11.8. The minimum atomic E-state index is -0.305. The van der Waals surface area contributed by atoms with Gasteiger partial charge < -0.3 is 23.7 Å². The summed E-state index contributed by atoms with van der Waals surface area (Å²) in [4.78, 5) is 31.5. The third-order valence-corrected chi connectivity index (χ3v) is 7.68. The molecule has 184 valence electrons. The molecule has 0 radical (unpaired) electrons. The highest BCUT2D eigenvalue weighted by Gasteiger charge is 2.35. The molecule has 0 N–H and O–H groups in total. The number of thiophene rings is 1. The van der Waals surface area contributed by atoms with Gasteiger partial charge in [0.1, 0.15) is 18.9 Å². The molecule has 5 rings (SSSR count). The van der Waals surface area contributed by atoms with Crippen LogP contribution >= 0.6 is 22.9 Å². The minimum Gasteiger partial charge on any atom is -0.491 e. The number of benzene rings is 1. The highest BCUT2D eigenvalue weighted by molar-refractivity contribution is 7.10. The second kappa shape index (κ2) is 10.8. The van der Waals surface area contributed by atoms with Crippen LogP contribution in [0, 0.1) is 0 Å². The molecule has 3 aromatic rings. The van der Waals surface area contributed by atoms with Gasteiger partial charge in [-0.1, -0.05) is 11.6 Å². The number of carbonyl (C=O) groups is 2. The highest BCUT2D eigenvalue weighted by atomic mass is 35.5. The smallest absolute Gasteiger partial charge is 0.290 e. The fourth-order valence-corrected chi connectivity index (χ4v) is 5.70. The second-order valence-electron chi connectivity index (χ2n) is 8.71. The Morgan fingerprint density at radius 1 is 1.20 bits per heavy atom. The molecule has 0 saturated carbocycles. The van der Waals surface area contributed by atoms with Crippen molar-refractivity contribution in [3.05, 3.63) is 75.3 Å². The normalized spacial score (nSPS) is 19.4. The Labute approximate surface area is 213 Å². The maximum atomic E-state index is 13.6. The van der Waals surface area contributed by atoms with E-state index in [1.54, 1.807) is 40.5 Å². The van der Waals surface area contributed by atoms with Gasteiger partial charge in [0.2, 0.25) is 5.91 Å². The highest BCUT2D eigenvalue weighted by Crippen LogP contribution is 2.34. The minimum absolute atomic E-state index is 0.0453. The van der Waals surface area contributed by atoms with E-state index in [0.29, 0.717) is 37.1 Å². The lowest BCUT2D eigenvalue weighted by atomic mass is 10.0. The number of fused-ring (bicyclic) bond motifs is 1. The Bertz CT molecular complexity index is 1140. The first kappa shape index (κ1) is 23.9. The summed E-state index contributed by atoms with van der Waals surface area (Å²) >= 11 is 7.69. The lowest BCUT2D eigenvalue weighted by molar-refractivity contribution is -0.135. The van der Waals surface area contributed by atoms with E-state index < -0.39 is 0 Å². The van der Waals surface area contributed by atoms with Crippen molar-refractivity contribution in [1.29, 1.82) is 0 Å². The third-order valence-electron chi connectivity index (χ3n) is 6.43. The molecule has 0 aliphatic carbocycles. The van der Waals surface area contributed by atoms with Gasteiger partial charge in [-0.15, -0.1) is 11.3 Å². The van der Waals surface area contributed by atoms with E-state index in [0.717, 1.165) is 24.8 Å². The number of ether oxygens (including phenoxy) is 2. The summed E-state index contributed by atoms with van der Waals surface area (Å²) in [5.74, 6) is 0.486. The molecule has 9 heteroatoms. The molecule has 1 aromatic carbocycles. The van der Waals surface area contributed by atoms with E-state index >= 15 is 0 Å². The number of amides is 2. The van der Waals surface area contributed by atoms with E-state index in [-0.39, 0.29) is 36.3 Å². The summed E-state index contributed by atoms with van der Waals surface area (Å²) in [5.41, 5.74) is 1.10. The number of rotatable bonds is 8. The maximum absolute atomic E-state index is 13.6. The lowest BCUT2D eigenvalue weighted by Gasteiger charge is -2.37. The number of furan rings is 1. The molecule has 4 heterocycles. The van der Waals surface area contributed by atoms with Crippen LogP contribution in [0.3, 0.4) is 0 Å². The molecule has 0 unspecified atom stereocenters. The van der Waals surface area contributed by atoms with Crippen LogP contribution in [0.25, 0.3) is 0 Å². The van der Waals surface area contributed by atoms with Crippen molar-refractivity contribution in [2.24, 2.45) is 0 Å². The molecule has 0 spiro atoms. The molecule has 7 nitrogen and oxygen atoms in total. The molecule has 0 bridgehead atoms. The van der Waals surface area contributed by atoms with E-state index in [2.05, 4.69) is 11.4 Å². The van der Waals surface area contributed by atoms with Crippen molar-refractivity contribution in [2.45, 2.75) is 31.4 Å². The van der Waals surface area contributed by atoms with Gasteiger partial charge in [0.05, 0.1) is 18.4 Å². The third kappa shape index (κ3) is 5.55. The Morgan fingerprint density at radius 2 is 2.06 bits per heavy atom. The van der Waals surface area contributed by atoms with Crippen molar-refractivity contribution < 1.29 is 23.5 Å². The van der Waals surface area contributed by atoms with Gasteiger partial charge in [-0.25, -0.2) is 0 Å². The van der Waals surface area contributed by atoms with Gasteiger partial charge in [0.25, 0.3) is 5.91 Å². The second-order valence-corrected chi connectivity index (χ2v) is 10.2. The summed E-state index contributed by atoms with van der Waals surface area (Å²) in [6.07, 6.45) is 4.00. The van der Waals surface area contributed by atoms with Crippen molar-refractivity contribution >= 4 is 34.8 Å². The zero-order valence-electron chi connectivity index (χ0n) is 19.2. The molecule has 1 saturated heterocycles. The standard InChI is InChI=1S/C26H27ClN2O5S/c27-18-5-7-19(8-6-18)34-17-22-21-10-14-35-24(21)9-11-29(22)25(30)16-28(15-20-3-1-12-32-20)26(31)23-4-2-13-33-23/h2,4-8,10,13-14,20,22H,1,3,9,11-12,15-17H2/t20-,22-/m0/s1. The average molecular weight is 515 g/mol. The first-order chi connectivity index (χ1) is 17.1. The number of hydrogen-bond acceptors (Lipinski definition) is 6. The molecule has 2 atom stereocenters. The molecular formula is C26H27ClN2O5S. The fraction of sp³-hybridized carbons (Fsp3) is 0.385. The molecule has 2 aromatic heterocycles. The summed E-state index contributed by atoms with van der Waals surface area (Å²) in [5, 5.41) is 2.69. The zero-order valence-corrected chi connectivity index (χ0v) is 20.8. The van der Waals surface area contributed by atoms with Crippen molar-refractivity contribution in [1.82, 2.24) is 9.80 Å². The summed E-state index contributed by atoms with van der Waals surface area (Å²) in [6, 6.07) is 12.3. The Morgan fingerprint density at radius 3 is 2.80 bits per heavy atom. The van der Waals surface area contributed by atoms with Gasteiger partial charge in [-0.05, 0) is 72.7 Å². The monoisotopic (exact) mass is 514 g/mol. The Hall–Kier alpha value is -2.81. The van der Waals surface area contributed by atoms with Crippen LogP contribution in [0.5, 0.6) is 5.75 Å². The number of halogens is 1. The van der Waals surface area contributed by atoms with Crippen LogP contribution in [0.1, 0.15) is 39.9 Å². The van der Waals surface area contributed by atoms with Crippen molar-refractivity contribution in [3.8, 4) is 5.75 Å². The van der Waals surface area contributed by atoms with Gasteiger partial charge in [0.15, 0.2) is 5.76 Å². The maximum Gasteiger partial charge on any atom is 0.290 e. The van der Waals surface area contributed by atoms with Crippen LogP contribution in [0.15, 0.2) is 58.5 Å². The molecule has 2 aliphatic rings. The van der Waals surface area contributed by atoms with E-state index in [1.165, 1.54) is 11.1 Å². The van der Waals surface area contributed by atoms with Gasteiger partial charge in [0, 0.05) is 29.6 Å². The molecule has 2 amide bonds. The van der Waals surface area contributed by atoms with Crippen molar-refractivity contribution in [2.75, 3.05) is 32.8 Å². The van der Waals surface area contributed by atoms with Gasteiger partial charge in [-0.2, -0.15) is 0 Å².